The maximum atomic E-state index is 13.6. The van der Waals surface area contributed by atoms with Gasteiger partial charge in [0.2, 0.25) is 0 Å². The molecule has 0 heterocycles. The van der Waals surface area contributed by atoms with Crippen molar-refractivity contribution in [2.24, 2.45) is 5.92 Å². The average Bonchev–Trinajstić information content (AvgIpc) is 2.30. The van der Waals surface area contributed by atoms with Crippen molar-refractivity contribution in [1.82, 2.24) is 5.32 Å². The number of nitrogens with one attached hydrogen (secondary N) is 2. The van der Waals surface area contributed by atoms with E-state index in [-0.39, 0.29) is 18.2 Å². The van der Waals surface area contributed by atoms with Gasteiger partial charge in [-0.1, -0.05) is 12.5 Å². The highest BCUT2D eigenvalue weighted by Gasteiger charge is 2.25. The van der Waals surface area contributed by atoms with E-state index in [0.29, 0.717) is 4.47 Å². The molecule has 19 heavy (non-hydrogen) atoms. The zero-order valence-corrected chi connectivity index (χ0v) is 11.9. The quantitative estimate of drug-likeness (QED) is 0.794. The van der Waals surface area contributed by atoms with E-state index in [0.717, 1.165) is 19.3 Å². The first-order valence-electron chi connectivity index (χ1n) is 6.25. The van der Waals surface area contributed by atoms with Crippen LogP contribution in [0.25, 0.3) is 0 Å². The minimum absolute atomic E-state index is 0.102. The maximum Gasteiger partial charge on any atom is 0.319 e. The smallest absolute Gasteiger partial charge is 0.319 e. The lowest BCUT2D eigenvalue weighted by Crippen LogP contribution is -2.40. The molecule has 0 aromatic heterocycles. The topological polar surface area (TPSA) is 61.4 Å². The number of hydrogen-bond donors (Lipinski definition) is 3. The summed E-state index contributed by atoms with van der Waals surface area (Å²) >= 11 is 3.05. The standard InChI is InChI=1S/C13H16BrFN2O2/c14-9-5-2-6-10(12(9)15)17-13(19)16-7-11(18)8-3-1-4-8/h2,5-6,8,11,18H,1,3-4,7H2,(H2,16,17,19). The maximum absolute atomic E-state index is 13.6. The van der Waals surface area contributed by atoms with Gasteiger partial charge in [0.05, 0.1) is 16.3 Å². The van der Waals surface area contributed by atoms with Crippen molar-refractivity contribution in [2.75, 3.05) is 11.9 Å². The summed E-state index contributed by atoms with van der Waals surface area (Å²) in [6, 6.07) is 4.14. The van der Waals surface area contributed by atoms with Gasteiger partial charge in [-0.2, -0.15) is 0 Å². The van der Waals surface area contributed by atoms with Crippen molar-refractivity contribution in [3.63, 3.8) is 0 Å². The molecule has 1 aliphatic carbocycles. The van der Waals surface area contributed by atoms with E-state index >= 15 is 0 Å². The molecule has 4 nitrogen and oxygen atoms in total. The Hall–Kier alpha value is -1.14. The normalized spacial score (nSPS) is 16.6. The van der Waals surface area contributed by atoms with Crippen molar-refractivity contribution in [3.05, 3.63) is 28.5 Å². The summed E-state index contributed by atoms with van der Waals surface area (Å²) in [6.45, 7) is 0.187. The third kappa shape index (κ3) is 3.67. The first-order valence-corrected chi connectivity index (χ1v) is 7.04. The van der Waals surface area contributed by atoms with Crippen LogP contribution < -0.4 is 10.6 Å². The Bertz CT molecular complexity index is 466. The number of carbonyl (C=O) groups excluding carboxylic acids is 1. The van der Waals surface area contributed by atoms with Gasteiger partial charge in [-0.15, -0.1) is 0 Å². The van der Waals surface area contributed by atoms with Gasteiger partial charge in [0.25, 0.3) is 0 Å². The number of urea groups is 1. The van der Waals surface area contributed by atoms with Crippen LogP contribution in [0.1, 0.15) is 19.3 Å². The number of aliphatic hydroxyl groups excluding tert-OH is 1. The summed E-state index contributed by atoms with van der Waals surface area (Å²) < 4.78 is 13.9. The predicted octanol–water partition coefficient (Wildman–Crippen LogP) is 2.87. The summed E-state index contributed by atoms with van der Waals surface area (Å²) in [5.74, 6) is -0.236. The summed E-state index contributed by atoms with van der Waals surface area (Å²) in [4.78, 5) is 11.6. The van der Waals surface area contributed by atoms with Crippen LogP contribution in [0.4, 0.5) is 14.9 Å². The lowest BCUT2D eigenvalue weighted by molar-refractivity contribution is 0.0646. The van der Waals surface area contributed by atoms with Crippen LogP contribution in [-0.4, -0.2) is 23.8 Å². The highest BCUT2D eigenvalue weighted by Crippen LogP contribution is 2.29. The molecule has 104 valence electrons. The van der Waals surface area contributed by atoms with Crippen LogP contribution in [0.3, 0.4) is 0 Å². The third-order valence-electron chi connectivity index (χ3n) is 3.37. The second-order valence-corrected chi connectivity index (χ2v) is 5.55. The Kier molecular flexibility index (Phi) is 4.76. The molecule has 0 bridgehead atoms. The number of carbonyl (C=O) groups is 1. The van der Waals surface area contributed by atoms with E-state index in [2.05, 4.69) is 26.6 Å². The van der Waals surface area contributed by atoms with E-state index in [4.69, 9.17) is 0 Å². The van der Waals surface area contributed by atoms with Gasteiger partial charge in [0.1, 0.15) is 0 Å². The van der Waals surface area contributed by atoms with E-state index in [1.54, 1.807) is 12.1 Å². The Morgan fingerprint density at radius 1 is 1.53 bits per heavy atom. The van der Waals surface area contributed by atoms with Gasteiger partial charge >= 0.3 is 6.03 Å². The molecule has 0 spiro atoms. The molecule has 1 atom stereocenters. The number of benzene rings is 1. The Balaban J connectivity index is 1.82. The molecule has 0 radical (unpaired) electrons. The molecule has 1 aliphatic rings. The van der Waals surface area contributed by atoms with Crippen molar-refractivity contribution in [2.45, 2.75) is 25.4 Å². The molecule has 2 rings (SSSR count). The van der Waals surface area contributed by atoms with Crippen LogP contribution in [0, 0.1) is 11.7 Å². The minimum Gasteiger partial charge on any atom is -0.391 e. The largest absolute Gasteiger partial charge is 0.391 e. The van der Waals surface area contributed by atoms with Crippen molar-refractivity contribution in [1.29, 1.82) is 0 Å². The molecule has 6 heteroatoms. The molecule has 1 unspecified atom stereocenters. The van der Waals surface area contributed by atoms with Crippen LogP contribution in [0.2, 0.25) is 0 Å². The number of halogens is 2. The zero-order valence-electron chi connectivity index (χ0n) is 10.3. The minimum atomic E-state index is -0.521. The summed E-state index contributed by atoms with van der Waals surface area (Å²) in [5, 5.41) is 14.7. The monoisotopic (exact) mass is 330 g/mol. The zero-order chi connectivity index (χ0) is 13.8. The van der Waals surface area contributed by atoms with Gasteiger partial charge in [0, 0.05) is 6.54 Å². The fourth-order valence-electron chi connectivity index (χ4n) is 1.96. The number of hydrogen-bond acceptors (Lipinski definition) is 2. The van der Waals surface area contributed by atoms with Gasteiger partial charge in [-0.25, -0.2) is 9.18 Å². The van der Waals surface area contributed by atoms with Crippen molar-refractivity contribution < 1.29 is 14.3 Å². The molecule has 1 saturated carbocycles. The second-order valence-electron chi connectivity index (χ2n) is 4.69. The number of aliphatic hydroxyl groups is 1. The SMILES string of the molecule is O=C(NCC(O)C1CCC1)Nc1cccc(Br)c1F. The molecule has 1 aromatic carbocycles. The number of amides is 2. The van der Waals surface area contributed by atoms with Crippen LogP contribution in [0.5, 0.6) is 0 Å². The number of anilines is 1. The molecule has 1 fully saturated rings. The van der Waals surface area contributed by atoms with Crippen LogP contribution in [-0.2, 0) is 0 Å². The van der Waals surface area contributed by atoms with E-state index < -0.39 is 18.0 Å². The lowest BCUT2D eigenvalue weighted by Gasteiger charge is -2.30. The number of rotatable bonds is 4. The fourth-order valence-corrected chi connectivity index (χ4v) is 2.32. The molecule has 3 N–H and O–H groups in total. The Morgan fingerprint density at radius 3 is 2.89 bits per heavy atom. The molecule has 0 aliphatic heterocycles. The Labute approximate surface area is 119 Å². The predicted molar refractivity (Wildman–Crippen MR) is 74.5 cm³/mol. The first kappa shape index (κ1) is 14.3. The lowest BCUT2D eigenvalue weighted by atomic mass is 9.81. The van der Waals surface area contributed by atoms with Gasteiger partial charge in [-0.3, -0.25) is 0 Å². The van der Waals surface area contributed by atoms with Crippen molar-refractivity contribution in [3.8, 4) is 0 Å². The third-order valence-corrected chi connectivity index (χ3v) is 3.98. The molecular formula is C13H16BrFN2O2. The van der Waals surface area contributed by atoms with Crippen LogP contribution in [0.15, 0.2) is 22.7 Å². The summed E-state index contributed by atoms with van der Waals surface area (Å²) in [6.07, 6.45) is 2.62. The van der Waals surface area contributed by atoms with E-state index in [9.17, 15) is 14.3 Å². The highest BCUT2D eigenvalue weighted by molar-refractivity contribution is 9.10. The average molecular weight is 331 g/mol. The van der Waals surface area contributed by atoms with E-state index in [1.807, 2.05) is 0 Å². The fraction of sp³-hybridized carbons (Fsp3) is 0.462. The molecule has 2 amide bonds. The molecule has 0 saturated heterocycles. The second kappa shape index (κ2) is 6.34. The highest BCUT2D eigenvalue weighted by atomic mass is 79.9. The molecule has 1 aromatic rings. The van der Waals surface area contributed by atoms with Crippen molar-refractivity contribution >= 4 is 27.6 Å². The van der Waals surface area contributed by atoms with Gasteiger partial charge in [0.15, 0.2) is 5.82 Å². The molecular weight excluding hydrogens is 315 g/mol. The van der Waals surface area contributed by atoms with Gasteiger partial charge in [-0.05, 0) is 46.8 Å². The summed E-state index contributed by atoms with van der Waals surface area (Å²) in [5.41, 5.74) is 0.102. The van der Waals surface area contributed by atoms with E-state index in [1.165, 1.54) is 6.07 Å². The first-order chi connectivity index (χ1) is 9.08. The van der Waals surface area contributed by atoms with Gasteiger partial charge < -0.3 is 15.7 Å². The van der Waals surface area contributed by atoms with Crippen LogP contribution >= 0.6 is 15.9 Å². The Morgan fingerprint density at radius 2 is 2.26 bits per heavy atom. The summed E-state index contributed by atoms with van der Waals surface area (Å²) in [7, 11) is 0.